The first kappa shape index (κ1) is 34.7. The lowest BCUT2D eigenvalue weighted by molar-refractivity contribution is -0.506. The quantitative estimate of drug-likeness (QED) is 0.251. The van der Waals surface area contributed by atoms with Crippen LogP contribution in [0.5, 0.6) is 0 Å². The van der Waals surface area contributed by atoms with Crippen LogP contribution in [0.25, 0.3) is 5.57 Å². The Kier molecular flexibility index (Phi) is 7.48. The summed E-state index contributed by atoms with van der Waals surface area (Å²) in [6.07, 6.45) is 24.8. The topological polar surface area (TPSA) is 27.7 Å². The maximum atomic E-state index is 7.39. The van der Waals surface area contributed by atoms with Crippen molar-refractivity contribution in [3.63, 3.8) is 0 Å². The van der Waals surface area contributed by atoms with Crippen molar-refractivity contribution in [2.45, 2.75) is 150 Å². The number of hydrogen-bond acceptors (Lipinski definition) is 3. The Morgan fingerprint density at radius 2 is 1.17 bits per heavy atom. The van der Waals surface area contributed by atoms with Crippen molar-refractivity contribution in [3.8, 4) is 0 Å². The number of hydrogen-bond donors (Lipinski definition) is 0. The number of ether oxygens (including phenoxy) is 3. The number of allylic oxidation sites excluding steroid dienone is 3. The van der Waals surface area contributed by atoms with Crippen LogP contribution in [-0.4, -0.2) is 45.9 Å². The van der Waals surface area contributed by atoms with Crippen LogP contribution in [0, 0.1) is 40.9 Å². The Hall–Kier alpha value is -1.34. The maximum Gasteiger partial charge on any atom is 0.172 e. The van der Waals surface area contributed by atoms with Gasteiger partial charge in [-0.1, -0.05) is 74.7 Å². The molecule has 4 heterocycles. The van der Waals surface area contributed by atoms with Crippen molar-refractivity contribution in [3.05, 3.63) is 89.0 Å². The van der Waals surface area contributed by atoms with Crippen molar-refractivity contribution in [2.75, 3.05) is 12.3 Å². The van der Waals surface area contributed by atoms with Crippen LogP contribution in [0.15, 0.2) is 77.9 Å². The van der Waals surface area contributed by atoms with Gasteiger partial charge in [0.25, 0.3) is 0 Å². The lowest BCUT2D eigenvalue weighted by Gasteiger charge is -2.73. The highest BCUT2D eigenvalue weighted by atomic mass is 31.1. The first-order valence-corrected chi connectivity index (χ1v) is 24.5. The molecular formula is C49H62O3P2. The van der Waals surface area contributed by atoms with Crippen molar-refractivity contribution in [1.82, 2.24) is 0 Å². The fraction of sp³-hybridized carbons (Fsp3) is 0.673. The van der Waals surface area contributed by atoms with Crippen molar-refractivity contribution < 1.29 is 14.2 Å². The summed E-state index contributed by atoms with van der Waals surface area (Å²) in [6.45, 7) is 7.11. The Morgan fingerprint density at radius 3 is 1.65 bits per heavy atom. The van der Waals surface area contributed by atoms with Gasteiger partial charge in [-0.15, -0.1) is 9.24 Å². The molecule has 8 saturated carbocycles. The van der Waals surface area contributed by atoms with Gasteiger partial charge in [0.15, 0.2) is 12.1 Å². The van der Waals surface area contributed by atoms with E-state index in [0.29, 0.717) is 10.3 Å². The molecule has 286 valence electrons. The summed E-state index contributed by atoms with van der Waals surface area (Å²) in [5, 5.41) is 1.14. The average molecular weight is 761 g/mol. The largest absolute Gasteiger partial charge is 0.345 e. The van der Waals surface area contributed by atoms with Gasteiger partial charge in [0, 0.05) is 18.8 Å². The first-order chi connectivity index (χ1) is 26.0. The number of benzene rings is 2. The zero-order valence-electron chi connectivity index (χ0n) is 33.0. The van der Waals surface area contributed by atoms with E-state index in [1.54, 1.807) is 49.7 Å². The highest BCUT2D eigenvalue weighted by Crippen LogP contribution is 2.80. The van der Waals surface area contributed by atoms with E-state index in [1.165, 1.54) is 61.4 Å². The predicted molar refractivity (Wildman–Crippen MR) is 223 cm³/mol. The van der Waals surface area contributed by atoms with Gasteiger partial charge in [-0.2, -0.15) is 0 Å². The Labute approximate surface area is 328 Å². The minimum atomic E-state index is -0.615. The molecule has 2 aromatic carbocycles. The van der Waals surface area contributed by atoms with E-state index in [0.717, 1.165) is 54.5 Å². The lowest BCUT2D eigenvalue weighted by atomic mass is 9.50. The van der Waals surface area contributed by atoms with Crippen molar-refractivity contribution in [1.29, 1.82) is 0 Å². The second kappa shape index (κ2) is 11.7. The van der Waals surface area contributed by atoms with Gasteiger partial charge in [0.1, 0.15) is 0 Å². The van der Waals surface area contributed by atoms with E-state index >= 15 is 0 Å². The highest BCUT2D eigenvalue weighted by molar-refractivity contribution is 7.61. The molecule has 7 unspecified atom stereocenters. The van der Waals surface area contributed by atoms with Crippen molar-refractivity contribution >= 4 is 22.7 Å². The van der Waals surface area contributed by atoms with Gasteiger partial charge < -0.3 is 14.2 Å². The van der Waals surface area contributed by atoms with Crippen LogP contribution >= 0.6 is 17.2 Å². The second-order valence-electron chi connectivity index (χ2n) is 21.5. The summed E-state index contributed by atoms with van der Waals surface area (Å²) >= 11 is 0. The summed E-state index contributed by atoms with van der Waals surface area (Å²) in [5.74, 6) is 5.49. The molecule has 7 atom stereocenters. The highest BCUT2D eigenvalue weighted by Gasteiger charge is 2.76. The zero-order valence-corrected chi connectivity index (χ0v) is 35.1. The molecule has 0 spiro atoms. The van der Waals surface area contributed by atoms with Crippen LogP contribution < -0.4 is 0 Å². The van der Waals surface area contributed by atoms with E-state index in [2.05, 4.69) is 96.8 Å². The molecular weight excluding hydrogens is 698 g/mol. The smallest absolute Gasteiger partial charge is 0.172 e. The number of rotatable bonds is 8. The summed E-state index contributed by atoms with van der Waals surface area (Å²) < 4.78 is 21.2. The summed E-state index contributed by atoms with van der Waals surface area (Å²) in [5.41, 5.74) is 6.50. The standard InChI is InChI=1S/C49H62O3P2/c1-44-27-41-50-45(2,29-46(3,51-41)52-44)49(44,30-53)43-39(20-40(37-10-6-4-7-11-37)42(43)38-12-8-5-9-13-38)28-54(47-21-31-14-32(22-47)16-33(15-31)23-47)48-24-34-17-35(25-48)19-36(18-34)26-48/h4-13,20,31-36,41-42H,14-19,21-30,53H2,1-3H3. The minimum Gasteiger partial charge on any atom is -0.345 e. The molecule has 4 saturated heterocycles. The maximum absolute atomic E-state index is 7.39. The fourth-order valence-electron chi connectivity index (χ4n) is 17.5. The fourth-order valence-corrected chi connectivity index (χ4v) is 23.7. The minimum absolute atomic E-state index is 0.167. The summed E-state index contributed by atoms with van der Waals surface area (Å²) in [7, 11) is 3.06. The Balaban J connectivity index is 1.10. The van der Waals surface area contributed by atoms with Gasteiger partial charge >= 0.3 is 0 Å². The molecule has 9 aliphatic carbocycles. The van der Waals surface area contributed by atoms with E-state index in [-0.39, 0.29) is 25.5 Å². The molecule has 0 N–H and O–H groups in total. The molecule has 13 aliphatic rings. The molecule has 15 rings (SSSR count). The molecule has 54 heavy (non-hydrogen) atoms. The Morgan fingerprint density at radius 1 is 0.648 bits per heavy atom. The molecule has 3 nitrogen and oxygen atoms in total. The van der Waals surface area contributed by atoms with Crippen molar-refractivity contribution in [2.24, 2.45) is 40.9 Å². The third kappa shape index (κ3) is 4.72. The molecule has 12 bridgehead atoms. The first-order valence-electron chi connectivity index (χ1n) is 22.1. The third-order valence-electron chi connectivity index (χ3n) is 18.0. The van der Waals surface area contributed by atoms with Gasteiger partial charge in [0.05, 0.1) is 16.6 Å². The van der Waals surface area contributed by atoms with Gasteiger partial charge in [-0.3, -0.25) is 0 Å². The van der Waals surface area contributed by atoms with E-state index in [1.807, 2.05) is 0 Å². The van der Waals surface area contributed by atoms with Crippen LogP contribution in [0.2, 0.25) is 0 Å². The molecule has 2 aromatic rings. The molecule has 0 radical (unpaired) electrons. The molecule has 4 aliphatic heterocycles. The lowest BCUT2D eigenvalue weighted by Crippen LogP contribution is -2.80. The van der Waals surface area contributed by atoms with Crippen LogP contribution in [-0.2, 0) is 14.2 Å². The summed E-state index contributed by atoms with van der Waals surface area (Å²) in [4.78, 5) is 0. The van der Waals surface area contributed by atoms with Gasteiger partial charge in [-0.05, 0) is 184 Å². The van der Waals surface area contributed by atoms with E-state index in [9.17, 15) is 0 Å². The Bertz CT molecular complexity index is 1780. The van der Waals surface area contributed by atoms with E-state index in [4.69, 9.17) is 14.2 Å². The monoisotopic (exact) mass is 760 g/mol. The normalized spacial score (nSPS) is 51.0. The summed E-state index contributed by atoms with van der Waals surface area (Å²) in [6, 6.07) is 23.1. The third-order valence-corrected chi connectivity index (χ3v) is 22.7. The molecule has 0 amide bonds. The molecule has 5 heteroatoms. The van der Waals surface area contributed by atoms with E-state index < -0.39 is 17.0 Å². The second-order valence-corrected chi connectivity index (χ2v) is 24.9. The molecule has 0 aromatic heterocycles. The predicted octanol–water partition coefficient (Wildman–Crippen LogP) is 11.9. The SMILES string of the molecule is CC12CC3(C)OC(CC(C)(O1)C3(CP)C1=C(CP(C34CC5CC(CC(C5)C3)C4)C34CC5CC(CC(C5)C3)C4)C=C(c3ccccc3)C1c1ccccc1)O2. The molecule has 12 fully saturated rings. The van der Waals surface area contributed by atoms with Crippen LogP contribution in [0.3, 0.4) is 0 Å². The van der Waals surface area contributed by atoms with Gasteiger partial charge in [0.2, 0.25) is 0 Å². The average Bonchev–Trinajstić information content (AvgIpc) is 3.48. The van der Waals surface area contributed by atoms with Crippen LogP contribution in [0.1, 0.15) is 128 Å². The van der Waals surface area contributed by atoms with Crippen LogP contribution in [0.4, 0.5) is 0 Å². The van der Waals surface area contributed by atoms with Gasteiger partial charge in [-0.25, -0.2) is 0 Å². The zero-order chi connectivity index (χ0) is 36.3.